The number of rotatable bonds is 12. The minimum Gasteiger partial charge on any atom is -0.397 e. The van der Waals surface area contributed by atoms with Crippen LogP contribution in [0.1, 0.15) is 75.6 Å². The van der Waals surface area contributed by atoms with Crippen molar-refractivity contribution in [2.45, 2.75) is 71.9 Å². The van der Waals surface area contributed by atoms with Crippen LogP contribution in [0.4, 0.5) is 31.7 Å². The fraction of sp³-hybridized carbons (Fsp3) is 0.391. The molecule has 0 radical (unpaired) electrons. The van der Waals surface area contributed by atoms with Gasteiger partial charge in [0.1, 0.15) is 17.5 Å². The largest absolute Gasteiger partial charge is 0.397 e. The first-order chi connectivity index (χ1) is 29.2. The lowest BCUT2D eigenvalue weighted by atomic mass is 9.71. The van der Waals surface area contributed by atoms with Gasteiger partial charge >= 0.3 is 0 Å². The SMILES string of the molecule is CC.CCN(c1cc(N2CC3CC(C3)C2)ccn1)[C@H]1CCCN(c2ccc(N)c(F)c2)C1.Cc1cccc(F)c1/C(N)=C(/C=N)C(=O)NC(CC(N)=O)c1cc(Cl)cc(Cl)c1. The summed E-state index contributed by atoms with van der Waals surface area (Å²) in [5.41, 5.74) is 19.9. The third kappa shape index (κ3) is 11.7. The Kier molecular flexibility index (Phi) is 16.4. The summed E-state index contributed by atoms with van der Waals surface area (Å²) < 4.78 is 28.2. The Balaban J connectivity index is 0.000000222. The summed E-state index contributed by atoms with van der Waals surface area (Å²) in [7, 11) is 0. The van der Waals surface area contributed by atoms with Crippen LogP contribution in [0.2, 0.25) is 10.0 Å². The number of carbonyl (C=O) groups excluding carboxylic acids is 2. The van der Waals surface area contributed by atoms with Crippen LogP contribution >= 0.6 is 23.2 Å². The van der Waals surface area contributed by atoms with E-state index in [4.69, 9.17) is 50.8 Å². The van der Waals surface area contributed by atoms with Gasteiger partial charge in [0.2, 0.25) is 5.91 Å². The van der Waals surface area contributed by atoms with Crippen LogP contribution in [-0.4, -0.2) is 61.8 Å². The Morgan fingerprint density at radius 3 is 2.23 bits per heavy atom. The molecule has 11 nitrogen and oxygen atoms in total. The van der Waals surface area contributed by atoms with E-state index in [1.165, 1.54) is 62.0 Å². The van der Waals surface area contributed by atoms with Crippen LogP contribution in [0, 0.1) is 35.8 Å². The number of carbonyl (C=O) groups is 2. The second-order valence-electron chi connectivity index (χ2n) is 15.5. The smallest absolute Gasteiger partial charge is 0.255 e. The number of amides is 2. The first-order valence-electron chi connectivity index (χ1n) is 20.8. The van der Waals surface area contributed by atoms with Gasteiger partial charge < -0.3 is 42.6 Å². The number of nitrogen functional groups attached to an aromatic ring is 1. The van der Waals surface area contributed by atoms with E-state index in [9.17, 15) is 18.4 Å². The van der Waals surface area contributed by atoms with E-state index >= 15 is 0 Å². The van der Waals surface area contributed by atoms with Crippen LogP contribution in [-0.2, 0) is 9.59 Å². The summed E-state index contributed by atoms with van der Waals surface area (Å²) in [6.45, 7) is 12.9. The summed E-state index contributed by atoms with van der Waals surface area (Å²) in [4.78, 5) is 36.3. The Labute approximate surface area is 367 Å². The van der Waals surface area contributed by atoms with Gasteiger partial charge in [-0.25, -0.2) is 13.8 Å². The standard InChI is InChI=1S/C24H32FN5.C20H19Cl2FN4O2.C2H6/c1-2-30(21-4-3-9-28(16-21)19-5-6-23(26)22(25)12-19)24-13-20(7-8-27-24)29-14-17-10-18(11-17)15-29;1-10-3-2-4-15(23)18(10)19(26)14(9-24)20(29)27-16(8-17(25)28)11-5-12(21)7-13(22)6-11;1-2/h5-8,12-13,17-18,21H,2-4,9-11,14-16,26H2,1H3;2-7,9,16,24H,8,26H2,1H3,(H2,25,28)(H,27,29);1-2H3/b;19-14+,24-9?;/t17?,18?,21-;;/m0../s1. The zero-order valence-electron chi connectivity index (χ0n) is 35.2. The van der Waals surface area contributed by atoms with Crippen LogP contribution in [0.5, 0.6) is 0 Å². The minimum absolute atomic E-state index is 0.0263. The molecule has 4 aromatic rings. The average molecular weight is 877 g/mol. The van der Waals surface area contributed by atoms with Crippen LogP contribution in [0.15, 0.2) is 78.5 Å². The molecule has 1 unspecified atom stereocenters. The number of likely N-dealkylation sites (N-methyl/N-ethyl adjacent to an activating group) is 1. The maximum Gasteiger partial charge on any atom is 0.255 e. The number of aryl methyl sites for hydroxylation is 1. The van der Waals surface area contributed by atoms with Crippen molar-refractivity contribution in [1.82, 2.24) is 10.3 Å². The minimum atomic E-state index is -0.874. The van der Waals surface area contributed by atoms with Gasteiger partial charge in [-0.3, -0.25) is 9.59 Å². The quantitative estimate of drug-likeness (QED) is 0.0535. The Bertz CT molecular complexity index is 2170. The highest BCUT2D eigenvalue weighted by Crippen LogP contribution is 2.41. The van der Waals surface area contributed by atoms with Crippen molar-refractivity contribution < 1.29 is 18.4 Å². The fourth-order valence-corrected chi connectivity index (χ4v) is 8.99. The van der Waals surface area contributed by atoms with Gasteiger partial charge in [0, 0.05) is 84.2 Å². The number of primary amides is 1. The van der Waals surface area contributed by atoms with Gasteiger partial charge in [-0.1, -0.05) is 49.2 Å². The molecule has 8 rings (SSSR count). The van der Waals surface area contributed by atoms with Gasteiger partial charge in [0.15, 0.2) is 0 Å². The van der Waals surface area contributed by atoms with E-state index in [0.29, 0.717) is 27.2 Å². The summed E-state index contributed by atoms with van der Waals surface area (Å²) in [6, 6.07) is 18.0. The van der Waals surface area contributed by atoms with Crippen molar-refractivity contribution in [2.75, 3.05) is 53.2 Å². The first kappa shape index (κ1) is 46.7. The molecule has 3 saturated heterocycles. The molecule has 61 heavy (non-hydrogen) atoms. The van der Waals surface area contributed by atoms with Crippen LogP contribution in [0.25, 0.3) is 5.70 Å². The lowest BCUT2D eigenvalue weighted by Gasteiger charge is -2.48. The maximum atomic E-state index is 14.2. The van der Waals surface area contributed by atoms with Gasteiger partial charge in [-0.05, 0) is 111 Å². The Hall–Kier alpha value is -5.40. The molecule has 1 aromatic heterocycles. The molecule has 2 amide bonds. The molecule has 3 aromatic carbocycles. The molecular formula is C46H57Cl2F2N9O2. The van der Waals surface area contributed by atoms with Crippen molar-refractivity contribution in [3.8, 4) is 0 Å². The number of aromatic nitrogens is 1. The van der Waals surface area contributed by atoms with Crippen LogP contribution < -0.4 is 37.2 Å². The lowest BCUT2D eigenvalue weighted by molar-refractivity contribution is -0.120. The molecule has 4 fully saturated rings. The number of nitrogens with two attached hydrogens (primary N) is 3. The average Bonchev–Trinajstić information content (AvgIpc) is 3.22. The molecule has 2 bridgehead atoms. The second kappa shape index (κ2) is 21.4. The molecule has 326 valence electrons. The number of nitrogens with one attached hydrogen (secondary N) is 2. The number of hydrogen-bond acceptors (Lipinski definition) is 9. The summed E-state index contributed by atoms with van der Waals surface area (Å²) >= 11 is 12.0. The number of pyridine rings is 1. The molecular weight excluding hydrogens is 819 g/mol. The molecule has 1 aliphatic carbocycles. The van der Waals surface area contributed by atoms with Gasteiger partial charge in [-0.15, -0.1) is 0 Å². The number of nitrogens with zero attached hydrogens (tertiary/aromatic N) is 4. The Morgan fingerprint density at radius 1 is 0.951 bits per heavy atom. The molecule has 3 aliphatic heterocycles. The second-order valence-corrected chi connectivity index (χ2v) is 16.4. The summed E-state index contributed by atoms with van der Waals surface area (Å²) in [6.07, 6.45) is 7.49. The van der Waals surface area contributed by atoms with Crippen molar-refractivity contribution in [3.05, 3.63) is 117 Å². The number of hydrogen-bond donors (Lipinski definition) is 5. The third-order valence-electron chi connectivity index (χ3n) is 11.4. The zero-order chi connectivity index (χ0) is 44.4. The monoisotopic (exact) mass is 875 g/mol. The van der Waals surface area contributed by atoms with E-state index in [2.05, 4.69) is 39.1 Å². The highest BCUT2D eigenvalue weighted by Gasteiger charge is 2.37. The number of halogens is 4. The van der Waals surface area contributed by atoms with Gasteiger partial charge in [0.25, 0.3) is 5.91 Å². The predicted octanol–water partition coefficient (Wildman–Crippen LogP) is 8.66. The molecule has 1 saturated carbocycles. The topological polar surface area (TPSA) is 171 Å². The molecule has 15 heteroatoms. The number of piperidine rings is 3. The van der Waals surface area contributed by atoms with E-state index in [1.54, 1.807) is 25.1 Å². The lowest BCUT2D eigenvalue weighted by Crippen LogP contribution is -2.49. The normalized spacial score (nSPS) is 18.8. The highest BCUT2D eigenvalue weighted by molar-refractivity contribution is 6.34. The molecule has 0 spiro atoms. The van der Waals surface area contributed by atoms with E-state index < -0.39 is 23.7 Å². The third-order valence-corrected chi connectivity index (χ3v) is 11.8. The van der Waals surface area contributed by atoms with Crippen molar-refractivity contribution in [3.63, 3.8) is 0 Å². The first-order valence-corrected chi connectivity index (χ1v) is 21.6. The summed E-state index contributed by atoms with van der Waals surface area (Å²) in [5.74, 6) is 0.419. The number of anilines is 4. The molecule has 4 aliphatic rings. The number of benzene rings is 3. The van der Waals surface area contributed by atoms with Gasteiger partial charge in [-0.2, -0.15) is 0 Å². The molecule has 8 N–H and O–H groups in total. The Morgan fingerprint density at radius 2 is 1.62 bits per heavy atom. The van der Waals surface area contributed by atoms with Crippen molar-refractivity contribution in [1.29, 1.82) is 5.41 Å². The fourth-order valence-electron chi connectivity index (χ4n) is 8.44. The van der Waals surface area contributed by atoms with E-state index in [1.807, 2.05) is 26.1 Å². The predicted molar refractivity (Wildman–Crippen MR) is 245 cm³/mol. The van der Waals surface area contributed by atoms with E-state index in [0.717, 1.165) is 62.0 Å². The van der Waals surface area contributed by atoms with Crippen molar-refractivity contribution in [2.24, 2.45) is 23.3 Å². The number of fused-ring (bicyclic) bond motifs is 2. The van der Waals surface area contributed by atoms with Gasteiger partial charge in [0.05, 0.1) is 29.4 Å². The molecule has 4 heterocycles. The zero-order valence-corrected chi connectivity index (χ0v) is 36.7. The summed E-state index contributed by atoms with van der Waals surface area (Å²) in [5, 5.41) is 10.8. The van der Waals surface area contributed by atoms with Crippen LogP contribution in [0.3, 0.4) is 0 Å². The van der Waals surface area contributed by atoms with E-state index in [-0.39, 0.29) is 34.8 Å². The van der Waals surface area contributed by atoms with Crippen molar-refractivity contribution >= 4 is 69.8 Å². The molecule has 2 atom stereocenters. The highest BCUT2D eigenvalue weighted by atomic mass is 35.5. The maximum absolute atomic E-state index is 14.2.